The number of nitrogens with two attached hydrogens (primary N) is 1. The number of anilines is 2. The maximum atomic E-state index is 12.2. The van der Waals surface area contributed by atoms with Crippen LogP contribution >= 0.6 is 23.1 Å². The molecular weight excluding hydrogens is 294 g/mol. The van der Waals surface area contributed by atoms with Crippen LogP contribution in [0.25, 0.3) is 0 Å². The van der Waals surface area contributed by atoms with Crippen molar-refractivity contribution in [2.45, 2.75) is 11.3 Å². The van der Waals surface area contributed by atoms with Crippen LogP contribution in [0.4, 0.5) is 10.7 Å². The molecule has 20 heavy (non-hydrogen) atoms. The zero-order valence-electron chi connectivity index (χ0n) is 12.1. The summed E-state index contributed by atoms with van der Waals surface area (Å²) in [6, 6.07) is 0. The minimum Gasteiger partial charge on any atom is -0.396 e. The fourth-order valence-electron chi connectivity index (χ4n) is 2.13. The summed E-state index contributed by atoms with van der Waals surface area (Å²) in [7, 11) is 3.50. The number of ether oxygens (including phenoxy) is 1. The zero-order valence-corrected chi connectivity index (χ0v) is 13.8. The molecule has 0 bridgehead atoms. The summed E-state index contributed by atoms with van der Waals surface area (Å²) in [6.07, 6.45) is 3.00. The average Bonchev–Trinajstić information content (AvgIpc) is 2.62. The first-order chi connectivity index (χ1) is 9.56. The molecule has 112 valence electrons. The first-order valence-electron chi connectivity index (χ1n) is 6.56. The highest BCUT2D eigenvalue weighted by atomic mass is 32.2. The molecule has 5 nitrogen and oxygen atoms in total. The molecule has 1 aliphatic rings. The number of nitrogen functional groups attached to an aromatic ring is 1. The van der Waals surface area contributed by atoms with Gasteiger partial charge in [0, 0.05) is 33.8 Å². The minimum absolute atomic E-state index is 0.0277. The van der Waals surface area contributed by atoms with Gasteiger partial charge in [0.25, 0.3) is 5.91 Å². The van der Waals surface area contributed by atoms with Gasteiger partial charge in [-0.15, -0.1) is 23.1 Å². The highest BCUT2D eigenvalue weighted by Crippen LogP contribution is 2.44. The minimum atomic E-state index is -0.0277. The third-order valence-electron chi connectivity index (χ3n) is 3.20. The quantitative estimate of drug-likeness (QED) is 0.864. The van der Waals surface area contributed by atoms with Gasteiger partial charge in [-0.25, -0.2) is 0 Å². The third-order valence-corrected chi connectivity index (χ3v) is 5.40. The van der Waals surface area contributed by atoms with Crippen molar-refractivity contribution in [1.82, 2.24) is 4.90 Å². The lowest BCUT2D eigenvalue weighted by atomic mass is 10.3. The number of hydrogen-bond acceptors (Lipinski definition) is 6. The Kier molecular flexibility index (Phi) is 5.17. The van der Waals surface area contributed by atoms with Gasteiger partial charge < -0.3 is 20.3 Å². The lowest BCUT2D eigenvalue weighted by Gasteiger charge is -2.21. The molecule has 1 fully saturated rings. The van der Waals surface area contributed by atoms with Gasteiger partial charge in [-0.2, -0.15) is 0 Å². The molecule has 0 spiro atoms. The lowest BCUT2D eigenvalue weighted by Crippen LogP contribution is -2.25. The lowest BCUT2D eigenvalue weighted by molar-refractivity contribution is 0.0833. The molecule has 1 aliphatic heterocycles. The van der Waals surface area contributed by atoms with Crippen LogP contribution in [0.3, 0.4) is 0 Å². The predicted octanol–water partition coefficient (Wildman–Crippen LogP) is 1.98. The van der Waals surface area contributed by atoms with Gasteiger partial charge in [0.2, 0.25) is 0 Å². The number of thiophene rings is 1. The Hall–Kier alpha value is -0.920. The van der Waals surface area contributed by atoms with Crippen molar-refractivity contribution in [1.29, 1.82) is 0 Å². The van der Waals surface area contributed by atoms with Crippen molar-refractivity contribution in [2.24, 2.45) is 0 Å². The molecule has 0 atom stereocenters. The SMILES string of the molecule is CSc1c(N2CCCOCC2)sc(C(=O)N(C)C)c1N. The molecule has 0 radical (unpaired) electrons. The Morgan fingerprint density at radius 1 is 1.40 bits per heavy atom. The summed E-state index contributed by atoms with van der Waals surface area (Å²) in [5.74, 6) is -0.0277. The van der Waals surface area contributed by atoms with E-state index in [0.717, 1.165) is 42.6 Å². The van der Waals surface area contributed by atoms with Gasteiger partial charge in [-0.1, -0.05) is 0 Å². The van der Waals surface area contributed by atoms with Crippen LogP contribution < -0.4 is 10.6 Å². The Balaban J connectivity index is 2.37. The number of carbonyl (C=O) groups excluding carboxylic acids is 1. The number of carbonyl (C=O) groups is 1. The van der Waals surface area contributed by atoms with E-state index in [4.69, 9.17) is 10.5 Å². The topological polar surface area (TPSA) is 58.8 Å². The van der Waals surface area contributed by atoms with Crippen molar-refractivity contribution in [2.75, 3.05) is 57.3 Å². The van der Waals surface area contributed by atoms with E-state index >= 15 is 0 Å². The molecule has 0 saturated carbocycles. The van der Waals surface area contributed by atoms with E-state index in [0.29, 0.717) is 10.6 Å². The van der Waals surface area contributed by atoms with E-state index < -0.39 is 0 Å². The Bertz CT molecular complexity index is 480. The summed E-state index contributed by atoms with van der Waals surface area (Å²) in [6.45, 7) is 3.32. The molecule has 0 aliphatic carbocycles. The summed E-state index contributed by atoms with van der Waals surface area (Å²) in [4.78, 5) is 17.7. The second kappa shape index (κ2) is 6.69. The molecule has 1 aromatic rings. The van der Waals surface area contributed by atoms with E-state index in [2.05, 4.69) is 4.90 Å². The molecule has 2 rings (SSSR count). The molecule has 1 saturated heterocycles. The van der Waals surface area contributed by atoms with E-state index in [9.17, 15) is 4.79 Å². The van der Waals surface area contributed by atoms with E-state index in [1.54, 1.807) is 30.8 Å². The van der Waals surface area contributed by atoms with Gasteiger partial charge in [-0.3, -0.25) is 4.79 Å². The molecule has 2 N–H and O–H groups in total. The number of hydrogen-bond donors (Lipinski definition) is 1. The van der Waals surface area contributed by atoms with Crippen LogP contribution in [-0.4, -0.2) is 57.5 Å². The first-order valence-corrected chi connectivity index (χ1v) is 8.61. The Morgan fingerprint density at radius 3 is 2.80 bits per heavy atom. The van der Waals surface area contributed by atoms with Crippen LogP contribution in [0.5, 0.6) is 0 Å². The van der Waals surface area contributed by atoms with Crippen LogP contribution in [0.2, 0.25) is 0 Å². The second-order valence-corrected chi connectivity index (χ2v) is 6.65. The molecule has 2 heterocycles. The molecule has 0 aromatic carbocycles. The third kappa shape index (κ3) is 3.05. The van der Waals surface area contributed by atoms with Crippen molar-refractivity contribution < 1.29 is 9.53 Å². The van der Waals surface area contributed by atoms with Gasteiger partial charge in [0.05, 0.1) is 17.2 Å². The number of rotatable bonds is 3. The summed E-state index contributed by atoms with van der Waals surface area (Å²) in [5, 5.41) is 1.10. The van der Waals surface area contributed by atoms with E-state index in [1.807, 2.05) is 6.26 Å². The molecule has 1 aromatic heterocycles. The fraction of sp³-hybridized carbons (Fsp3) is 0.615. The van der Waals surface area contributed by atoms with Crippen molar-refractivity contribution in [3.63, 3.8) is 0 Å². The fourth-order valence-corrected chi connectivity index (χ4v) is 4.39. The monoisotopic (exact) mass is 315 g/mol. The first kappa shape index (κ1) is 15.5. The van der Waals surface area contributed by atoms with Gasteiger partial charge in [-0.05, 0) is 12.7 Å². The largest absolute Gasteiger partial charge is 0.396 e. The molecule has 0 unspecified atom stereocenters. The highest BCUT2D eigenvalue weighted by Gasteiger charge is 2.25. The second-order valence-electron chi connectivity index (χ2n) is 4.84. The highest BCUT2D eigenvalue weighted by molar-refractivity contribution is 7.99. The summed E-state index contributed by atoms with van der Waals surface area (Å²) in [5.41, 5.74) is 6.80. The molecule has 1 amide bonds. The van der Waals surface area contributed by atoms with E-state index in [1.165, 1.54) is 11.3 Å². The predicted molar refractivity (Wildman–Crippen MR) is 86.2 cm³/mol. The van der Waals surface area contributed by atoms with E-state index in [-0.39, 0.29) is 5.91 Å². The molecular formula is C13H21N3O2S2. The van der Waals surface area contributed by atoms with Crippen molar-refractivity contribution >= 4 is 39.7 Å². The Labute approximate surface area is 128 Å². The van der Waals surface area contributed by atoms with Crippen LogP contribution in [0, 0.1) is 0 Å². The summed E-state index contributed by atoms with van der Waals surface area (Å²) < 4.78 is 5.49. The standard InChI is InChI=1S/C13H21N3O2S2/c1-15(2)12(17)10-9(14)11(19-3)13(20-10)16-5-4-7-18-8-6-16/h4-8,14H2,1-3H3. The maximum absolute atomic E-state index is 12.2. The van der Waals surface area contributed by atoms with Crippen molar-refractivity contribution in [3.8, 4) is 0 Å². The van der Waals surface area contributed by atoms with Crippen LogP contribution in [0.15, 0.2) is 4.90 Å². The van der Waals surface area contributed by atoms with Gasteiger partial charge >= 0.3 is 0 Å². The maximum Gasteiger partial charge on any atom is 0.265 e. The summed E-state index contributed by atoms with van der Waals surface area (Å²) >= 11 is 3.10. The van der Waals surface area contributed by atoms with Crippen molar-refractivity contribution in [3.05, 3.63) is 4.88 Å². The zero-order chi connectivity index (χ0) is 14.7. The number of thioether (sulfide) groups is 1. The Morgan fingerprint density at radius 2 is 2.15 bits per heavy atom. The van der Waals surface area contributed by atoms with Crippen LogP contribution in [-0.2, 0) is 4.74 Å². The normalized spacial score (nSPS) is 16.1. The van der Waals surface area contributed by atoms with Gasteiger partial charge in [0.15, 0.2) is 0 Å². The van der Waals surface area contributed by atoms with Gasteiger partial charge in [0.1, 0.15) is 9.88 Å². The number of amides is 1. The average molecular weight is 315 g/mol. The smallest absolute Gasteiger partial charge is 0.265 e. The number of nitrogens with zero attached hydrogens (tertiary/aromatic N) is 2. The van der Waals surface area contributed by atoms with Crippen LogP contribution in [0.1, 0.15) is 16.1 Å². The molecule has 7 heteroatoms.